The second-order valence-corrected chi connectivity index (χ2v) is 3.54. The zero-order valence-electron chi connectivity index (χ0n) is 6.58. The van der Waals surface area contributed by atoms with Crippen molar-refractivity contribution >= 4 is 32.7 Å². The molecule has 0 amide bonds. The first kappa shape index (κ1) is 7.61. The fraction of sp³-hybridized carbons (Fsp3) is 0.125. The van der Waals surface area contributed by atoms with Gasteiger partial charge in [-0.05, 0) is 28.1 Å². The fourth-order valence-electron chi connectivity index (χ4n) is 1.24. The van der Waals surface area contributed by atoms with Crippen LogP contribution in [-0.2, 0) is 7.05 Å². The third-order valence-corrected chi connectivity index (χ3v) is 2.49. The van der Waals surface area contributed by atoms with Gasteiger partial charge in [-0.3, -0.25) is 0 Å². The van der Waals surface area contributed by atoms with Crippen LogP contribution >= 0.6 is 15.9 Å². The summed E-state index contributed by atoms with van der Waals surface area (Å²) in [5, 5.41) is 0. The van der Waals surface area contributed by atoms with Gasteiger partial charge in [-0.1, -0.05) is 0 Å². The third-order valence-electron chi connectivity index (χ3n) is 1.85. The summed E-state index contributed by atoms with van der Waals surface area (Å²) in [5.74, 6) is 0. The Morgan fingerprint density at radius 3 is 2.92 bits per heavy atom. The monoisotopic (exact) mass is 225 g/mol. The summed E-state index contributed by atoms with van der Waals surface area (Å²) in [5.41, 5.74) is 8.35. The topological polar surface area (TPSA) is 43.8 Å². The molecule has 12 heavy (non-hydrogen) atoms. The van der Waals surface area contributed by atoms with Crippen molar-refractivity contribution in [1.82, 2.24) is 9.55 Å². The number of anilines is 1. The molecular weight excluding hydrogens is 218 g/mol. The quantitative estimate of drug-likeness (QED) is 0.697. The van der Waals surface area contributed by atoms with Gasteiger partial charge in [0, 0.05) is 11.5 Å². The highest BCUT2D eigenvalue weighted by Crippen LogP contribution is 2.26. The van der Waals surface area contributed by atoms with Gasteiger partial charge in [0.15, 0.2) is 0 Å². The lowest BCUT2D eigenvalue weighted by Gasteiger charge is -1.99. The Hall–Kier alpha value is -1.03. The molecule has 0 fully saturated rings. The van der Waals surface area contributed by atoms with E-state index in [0.717, 1.165) is 15.5 Å². The van der Waals surface area contributed by atoms with Crippen LogP contribution in [0.2, 0.25) is 0 Å². The Kier molecular flexibility index (Phi) is 1.58. The minimum Gasteiger partial charge on any atom is -0.397 e. The van der Waals surface area contributed by atoms with E-state index in [1.54, 1.807) is 6.33 Å². The Morgan fingerprint density at radius 1 is 1.50 bits per heavy atom. The van der Waals surface area contributed by atoms with E-state index in [1.807, 2.05) is 23.7 Å². The average molecular weight is 226 g/mol. The van der Waals surface area contributed by atoms with E-state index in [2.05, 4.69) is 20.9 Å². The lowest BCUT2D eigenvalue weighted by Crippen LogP contribution is -1.89. The maximum atomic E-state index is 5.74. The molecule has 0 aliphatic heterocycles. The Bertz CT molecular complexity index is 433. The zero-order valence-corrected chi connectivity index (χ0v) is 8.17. The Morgan fingerprint density at radius 2 is 2.25 bits per heavy atom. The van der Waals surface area contributed by atoms with Crippen molar-refractivity contribution in [2.24, 2.45) is 7.05 Å². The summed E-state index contributed by atoms with van der Waals surface area (Å²) < 4.78 is 2.96. The molecule has 2 aromatic rings. The first-order chi connectivity index (χ1) is 5.70. The number of rotatable bonds is 0. The lowest BCUT2D eigenvalue weighted by atomic mass is 10.3. The molecule has 0 saturated heterocycles. The molecule has 0 saturated carbocycles. The highest BCUT2D eigenvalue weighted by atomic mass is 79.9. The molecule has 0 atom stereocenters. The minimum atomic E-state index is 0.716. The van der Waals surface area contributed by atoms with Gasteiger partial charge in [0.05, 0.1) is 17.5 Å². The van der Waals surface area contributed by atoms with Crippen LogP contribution in [0.15, 0.2) is 22.9 Å². The average Bonchev–Trinajstić information content (AvgIpc) is 2.42. The molecule has 0 aliphatic carbocycles. The summed E-state index contributed by atoms with van der Waals surface area (Å²) >= 11 is 3.44. The van der Waals surface area contributed by atoms with Gasteiger partial charge in [0.25, 0.3) is 0 Å². The highest BCUT2D eigenvalue weighted by Gasteiger charge is 2.05. The molecule has 1 heterocycles. The van der Waals surface area contributed by atoms with E-state index in [-0.39, 0.29) is 0 Å². The number of nitrogens with zero attached hydrogens (tertiary/aromatic N) is 2. The van der Waals surface area contributed by atoms with Gasteiger partial charge >= 0.3 is 0 Å². The van der Waals surface area contributed by atoms with Crippen molar-refractivity contribution in [3.63, 3.8) is 0 Å². The smallest absolute Gasteiger partial charge is 0.112 e. The van der Waals surface area contributed by atoms with E-state index in [0.29, 0.717) is 5.69 Å². The number of hydrogen-bond acceptors (Lipinski definition) is 2. The van der Waals surface area contributed by atoms with Crippen LogP contribution in [0.25, 0.3) is 11.0 Å². The number of aryl methyl sites for hydroxylation is 1. The molecule has 0 bridgehead atoms. The van der Waals surface area contributed by atoms with Crippen LogP contribution in [0.3, 0.4) is 0 Å². The van der Waals surface area contributed by atoms with Gasteiger partial charge in [0.2, 0.25) is 0 Å². The first-order valence-corrected chi connectivity index (χ1v) is 4.34. The molecule has 62 valence electrons. The van der Waals surface area contributed by atoms with E-state index in [9.17, 15) is 0 Å². The number of nitrogen functional groups attached to an aromatic ring is 1. The van der Waals surface area contributed by atoms with Crippen LogP contribution in [0.1, 0.15) is 0 Å². The molecule has 1 aromatic heterocycles. The Balaban J connectivity index is 2.98. The molecule has 1 aromatic carbocycles. The molecular formula is C8H8BrN3. The van der Waals surface area contributed by atoms with E-state index in [4.69, 9.17) is 5.73 Å². The van der Waals surface area contributed by atoms with Crippen LogP contribution < -0.4 is 5.73 Å². The molecule has 2 N–H and O–H groups in total. The third kappa shape index (κ3) is 0.914. The number of aromatic nitrogens is 2. The van der Waals surface area contributed by atoms with E-state index >= 15 is 0 Å². The predicted octanol–water partition coefficient (Wildman–Crippen LogP) is 1.92. The van der Waals surface area contributed by atoms with Crippen LogP contribution in [-0.4, -0.2) is 9.55 Å². The van der Waals surface area contributed by atoms with Gasteiger partial charge in [0.1, 0.15) is 5.52 Å². The van der Waals surface area contributed by atoms with Crippen LogP contribution in [0.5, 0.6) is 0 Å². The minimum absolute atomic E-state index is 0.716. The SMILES string of the molecule is Cn1cnc2c(N)ccc(Br)c21. The lowest BCUT2D eigenvalue weighted by molar-refractivity contribution is 0.945. The van der Waals surface area contributed by atoms with Crippen molar-refractivity contribution in [2.45, 2.75) is 0 Å². The van der Waals surface area contributed by atoms with Crippen molar-refractivity contribution in [3.05, 3.63) is 22.9 Å². The summed E-state index contributed by atoms with van der Waals surface area (Å²) in [6.07, 6.45) is 1.76. The van der Waals surface area contributed by atoms with Crippen molar-refractivity contribution in [2.75, 3.05) is 5.73 Å². The summed E-state index contributed by atoms with van der Waals surface area (Å²) in [7, 11) is 1.94. The fourth-order valence-corrected chi connectivity index (χ4v) is 1.84. The predicted molar refractivity (Wildman–Crippen MR) is 52.8 cm³/mol. The van der Waals surface area contributed by atoms with Gasteiger partial charge < -0.3 is 10.3 Å². The highest BCUT2D eigenvalue weighted by molar-refractivity contribution is 9.10. The molecule has 0 radical (unpaired) electrons. The maximum absolute atomic E-state index is 5.74. The van der Waals surface area contributed by atoms with E-state index in [1.165, 1.54) is 0 Å². The van der Waals surface area contributed by atoms with Crippen LogP contribution in [0.4, 0.5) is 5.69 Å². The number of benzene rings is 1. The van der Waals surface area contributed by atoms with Gasteiger partial charge in [-0.25, -0.2) is 4.98 Å². The summed E-state index contributed by atoms with van der Waals surface area (Å²) in [4.78, 5) is 4.19. The molecule has 3 nitrogen and oxygen atoms in total. The normalized spacial score (nSPS) is 10.8. The van der Waals surface area contributed by atoms with Crippen molar-refractivity contribution < 1.29 is 0 Å². The Labute approximate surface area is 78.3 Å². The molecule has 0 aliphatic rings. The zero-order chi connectivity index (χ0) is 8.72. The molecule has 0 spiro atoms. The number of fused-ring (bicyclic) bond motifs is 1. The largest absolute Gasteiger partial charge is 0.397 e. The molecule has 4 heteroatoms. The second kappa shape index (κ2) is 2.48. The van der Waals surface area contributed by atoms with Crippen molar-refractivity contribution in [3.8, 4) is 0 Å². The number of halogens is 1. The standard InChI is InChI=1S/C8H8BrN3/c1-12-4-11-7-6(10)3-2-5(9)8(7)12/h2-4H,10H2,1H3. The second-order valence-electron chi connectivity index (χ2n) is 2.69. The molecule has 0 unspecified atom stereocenters. The number of imidazole rings is 1. The first-order valence-electron chi connectivity index (χ1n) is 3.55. The van der Waals surface area contributed by atoms with E-state index < -0.39 is 0 Å². The summed E-state index contributed by atoms with van der Waals surface area (Å²) in [6, 6.07) is 3.78. The summed E-state index contributed by atoms with van der Waals surface area (Å²) in [6.45, 7) is 0. The maximum Gasteiger partial charge on any atom is 0.112 e. The van der Waals surface area contributed by atoms with Crippen LogP contribution in [0, 0.1) is 0 Å². The molecule has 2 rings (SSSR count). The van der Waals surface area contributed by atoms with Gasteiger partial charge in [-0.2, -0.15) is 0 Å². The van der Waals surface area contributed by atoms with Gasteiger partial charge in [-0.15, -0.1) is 0 Å². The number of hydrogen-bond donors (Lipinski definition) is 1. The number of nitrogens with two attached hydrogens (primary N) is 1. The van der Waals surface area contributed by atoms with Crippen molar-refractivity contribution in [1.29, 1.82) is 0 Å².